The number of nitriles is 1. The molecule has 0 aromatic carbocycles. The second-order valence-corrected chi connectivity index (χ2v) is 5.47. The van der Waals surface area contributed by atoms with E-state index in [-0.39, 0.29) is 18.9 Å². The number of halogens is 3. The zero-order valence-corrected chi connectivity index (χ0v) is 10.3. The first-order valence-corrected chi connectivity index (χ1v) is 5.96. The fraction of sp³-hybridized carbons (Fsp3) is 0.917. The lowest BCUT2D eigenvalue weighted by atomic mass is 9.85. The Hall–Kier alpha value is -0.760. The van der Waals surface area contributed by atoms with Crippen LogP contribution in [0.15, 0.2) is 0 Å². The summed E-state index contributed by atoms with van der Waals surface area (Å²) in [6, 6.07) is 2.30. The van der Waals surface area contributed by atoms with E-state index < -0.39 is 17.5 Å². The van der Waals surface area contributed by atoms with E-state index in [1.54, 1.807) is 0 Å². The third-order valence-corrected chi connectivity index (χ3v) is 3.33. The predicted molar refractivity (Wildman–Crippen MR) is 59.2 cm³/mol. The van der Waals surface area contributed by atoms with Crippen LogP contribution < -0.4 is 5.32 Å². The fourth-order valence-corrected chi connectivity index (χ4v) is 2.06. The van der Waals surface area contributed by atoms with Crippen LogP contribution in [0.5, 0.6) is 0 Å². The van der Waals surface area contributed by atoms with Crippen molar-refractivity contribution in [3.05, 3.63) is 0 Å². The molecule has 0 radical (unpaired) electrons. The Labute approximate surface area is 100 Å². The molecule has 1 rings (SSSR count). The average Bonchev–Trinajstić information content (AvgIpc) is 2.26. The standard InChI is InChI=1S/C12H19F3N2/c1-11(2,7-16)8-17-10-5-3-9(4-6-10)12(13,14)15/h9-10,17H,3-6,8H2,1-2H3. The molecule has 0 aromatic heterocycles. The van der Waals surface area contributed by atoms with Gasteiger partial charge in [0.15, 0.2) is 0 Å². The Kier molecular flexibility index (Phi) is 4.42. The van der Waals surface area contributed by atoms with Crippen LogP contribution >= 0.6 is 0 Å². The van der Waals surface area contributed by atoms with Crippen LogP contribution in [0, 0.1) is 22.7 Å². The van der Waals surface area contributed by atoms with Gasteiger partial charge in [-0.05, 0) is 39.5 Å². The number of nitrogens with one attached hydrogen (secondary N) is 1. The lowest BCUT2D eigenvalue weighted by molar-refractivity contribution is -0.182. The lowest BCUT2D eigenvalue weighted by Gasteiger charge is -2.31. The molecule has 1 saturated carbocycles. The van der Waals surface area contributed by atoms with Crippen molar-refractivity contribution in [3.63, 3.8) is 0 Å². The number of hydrogen-bond donors (Lipinski definition) is 1. The molecule has 0 heterocycles. The Balaban J connectivity index is 2.32. The molecule has 0 aliphatic heterocycles. The fourth-order valence-electron chi connectivity index (χ4n) is 2.06. The van der Waals surface area contributed by atoms with E-state index >= 15 is 0 Å². The van der Waals surface area contributed by atoms with E-state index in [9.17, 15) is 13.2 Å². The number of nitrogens with zero attached hydrogens (tertiary/aromatic N) is 1. The van der Waals surface area contributed by atoms with Gasteiger partial charge in [0.1, 0.15) is 0 Å². The van der Waals surface area contributed by atoms with Gasteiger partial charge >= 0.3 is 6.18 Å². The van der Waals surface area contributed by atoms with Gasteiger partial charge in [-0.2, -0.15) is 18.4 Å². The molecule has 1 aliphatic rings. The molecule has 0 bridgehead atoms. The highest BCUT2D eigenvalue weighted by Crippen LogP contribution is 2.37. The first kappa shape index (κ1) is 14.3. The van der Waals surface area contributed by atoms with Crippen LogP contribution in [0.1, 0.15) is 39.5 Å². The number of hydrogen-bond acceptors (Lipinski definition) is 2. The third-order valence-electron chi connectivity index (χ3n) is 3.33. The average molecular weight is 248 g/mol. The highest BCUT2D eigenvalue weighted by atomic mass is 19.4. The maximum absolute atomic E-state index is 12.4. The van der Waals surface area contributed by atoms with Crippen LogP contribution in [0.4, 0.5) is 13.2 Å². The molecule has 0 spiro atoms. The molecule has 0 saturated heterocycles. The maximum atomic E-state index is 12.4. The van der Waals surface area contributed by atoms with E-state index in [4.69, 9.17) is 5.26 Å². The molecule has 0 unspecified atom stereocenters. The van der Waals surface area contributed by atoms with Crippen molar-refractivity contribution >= 4 is 0 Å². The van der Waals surface area contributed by atoms with Gasteiger partial charge in [0.25, 0.3) is 0 Å². The predicted octanol–water partition coefficient (Wildman–Crippen LogP) is 3.25. The molecule has 17 heavy (non-hydrogen) atoms. The van der Waals surface area contributed by atoms with Gasteiger partial charge in [-0.1, -0.05) is 0 Å². The van der Waals surface area contributed by atoms with Crippen molar-refractivity contribution in [2.45, 2.75) is 51.7 Å². The second kappa shape index (κ2) is 5.26. The molecule has 5 heteroatoms. The molecular weight excluding hydrogens is 229 g/mol. The minimum absolute atomic E-state index is 0.126. The van der Waals surface area contributed by atoms with Crippen LogP contribution in [-0.2, 0) is 0 Å². The van der Waals surface area contributed by atoms with Crippen molar-refractivity contribution in [1.29, 1.82) is 5.26 Å². The molecule has 0 atom stereocenters. The smallest absolute Gasteiger partial charge is 0.312 e. The first-order chi connectivity index (χ1) is 7.74. The SMILES string of the molecule is CC(C)(C#N)CNC1CCC(C(F)(F)F)CC1. The summed E-state index contributed by atoms with van der Waals surface area (Å²) in [5.41, 5.74) is -0.457. The summed E-state index contributed by atoms with van der Waals surface area (Å²) in [6.45, 7) is 4.17. The second-order valence-electron chi connectivity index (χ2n) is 5.47. The lowest BCUT2D eigenvalue weighted by Crippen LogP contribution is -2.40. The Morgan fingerprint density at radius 3 is 2.12 bits per heavy atom. The summed E-state index contributed by atoms with van der Waals surface area (Å²) in [6.07, 6.45) is -2.55. The van der Waals surface area contributed by atoms with E-state index in [0.717, 1.165) is 0 Å². The van der Waals surface area contributed by atoms with Gasteiger partial charge in [0.05, 0.1) is 17.4 Å². The molecule has 98 valence electrons. The van der Waals surface area contributed by atoms with Crippen molar-refractivity contribution in [3.8, 4) is 6.07 Å². The van der Waals surface area contributed by atoms with E-state index in [2.05, 4.69) is 11.4 Å². The van der Waals surface area contributed by atoms with Crippen molar-refractivity contribution in [2.24, 2.45) is 11.3 Å². The molecule has 1 fully saturated rings. The minimum atomic E-state index is -4.04. The van der Waals surface area contributed by atoms with Crippen molar-refractivity contribution in [2.75, 3.05) is 6.54 Å². The first-order valence-electron chi connectivity index (χ1n) is 5.96. The number of rotatable bonds is 3. The van der Waals surface area contributed by atoms with Crippen LogP contribution in [0.25, 0.3) is 0 Å². The molecule has 0 amide bonds. The highest BCUT2D eigenvalue weighted by Gasteiger charge is 2.41. The summed E-state index contributed by atoms with van der Waals surface area (Å²) in [4.78, 5) is 0. The van der Waals surface area contributed by atoms with Gasteiger partial charge in [-0.3, -0.25) is 0 Å². The Morgan fingerprint density at radius 1 is 1.18 bits per heavy atom. The zero-order chi connectivity index (χ0) is 13.1. The molecule has 1 aliphatic carbocycles. The van der Waals surface area contributed by atoms with Crippen LogP contribution in [-0.4, -0.2) is 18.8 Å². The van der Waals surface area contributed by atoms with Gasteiger partial charge in [0, 0.05) is 12.6 Å². The third kappa shape index (κ3) is 4.55. The van der Waals surface area contributed by atoms with Gasteiger partial charge in [-0.25, -0.2) is 0 Å². The summed E-state index contributed by atoms with van der Waals surface area (Å²) < 4.78 is 37.3. The van der Waals surface area contributed by atoms with E-state index in [1.165, 1.54) is 0 Å². The van der Waals surface area contributed by atoms with Crippen LogP contribution in [0.2, 0.25) is 0 Å². The van der Waals surface area contributed by atoms with Gasteiger partial charge in [0.2, 0.25) is 0 Å². The van der Waals surface area contributed by atoms with Crippen molar-refractivity contribution in [1.82, 2.24) is 5.32 Å². The topological polar surface area (TPSA) is 35.8 Å². The molecule has 2 nitrogen and oxygen atoms in total. The van der Waals surface area contributed by atoms with Gasteiger partial charge in [-0.15, -0.1) is 0 Å². The molecule has 1 N–H and O–H groups in total. The molecule has 0 aromatic rings. The largest absolute Gasteiger partial charge is 0.391 e. The van der Waals surface area contributed by atoms with E-state index in [1.807, 2.05) is 13.8 Å². The summed E-state index contributed by atoms with van der Waals surface area (Å²) in [5, 5.41) is 12.0. The van der Waals surface area contributed by atoms with Crippen LogP contribution in [0.3, 0.4) is 0 Å². The van der Waals surface area contributed by atoms with E-state index in [0.29, 0.717) is 19.4 Å². The summed E-state index contributed by atoms with van der Waals surface area (Å²) >= 11 is 0. The quantitative estimate of drug-likeness (QED) is 0.832. The highest BCUT2D eigenvalue weighted by molar-refractivity contribution is 4.94. The van der Waals surface area contributed by atoms with Crippen molar-refractivity contribution < 1.29 is 13.2 Å². The summed E-state index contributed by atoms with van der Waals surface area (Å²) in [7, 11) is 0. The number of alkyl halides is 3. The maximum Gasteiger partial charge on any atom is 0.391 e. The summed E-state index contributed by atoms with van der Waals surface area (Å²) in [5.74, 6) is -1.13. The minimum Gasteiger partial charge on any atom is -0.312 e. The monoisotopic (exact) mass is 248 g/mol. The zero-order valence-electron chi connectivity index (χ0n) is 10.3. The Bertz CT molecular complexity index is 283. The normalized spacial score (nSPS) is 26.6. The van der Waals surface area contributed by atoms with Gasteiger partial charge < -0.3 is 5.32 Å². The molecular formula is C12H19F3N2. The Morgan fingerprint density at radius 2 is 1.71 bits per heavy atom.